The Labute approximate surface area is 130 Å². The molecule has 1 atom stereocenters. The second-order valence-electron chi connectivity index (χ2n) is 4.75. The summed E-state index contributed by atoms with van der Waals surface area (Å²) in [6, 6.07) is 11.8. The van der Waals surface area contributed by atoms with Crippen molar-refractivity contribution >= 4 is 23.9 Å². The molecule has 1 aliphatic rings. The predicted molar refractivity (Wildman–Crippen MR) is 82.4 cm³/mol. The third-order valence-corrected chi connectivity index (χ3v) is 4.40. The molecule has 0 spiro atoms. The van der Waals surface area contributed by atoms with Crippen LogP contribution in [0, 0.1) is 11.6 Å². The molecule has 2 aromatic rings. The lowest BCUT2D eigenvalue weighted by molar-refractivity contribution is -0.128. The van der Waals surface area contributed by atoms with Crippen LogP contribution in [0.25, 0.3) is 0 Å². The van der Waals surface area contributed by atoms with Crippen LogP contribution >= 0.6 is 11.8 Å². The average molecular weight is 318 g/mol. The number of hydrogen-bond acceptors (Lipinski definition) is 3. The Morgan fingerprint density at radius 2 is 1.64 bits per heavy atom. The molecule has 2 aromatic carbocycles. The van der Waals surface area contributed by atoms with Crippen molar-refractivity contribution in [2.45, 2.75) is 5.37 Å². The van der Waals surface area contributed by atoms with Crippen molar-refractivity contribution in [3.05, 3.63) is 71.3 Å². The number of rotatable bonds is 3. The van der Waals surface area contributed by atoms with Gasteiger partial charge in [0, 0.05) is 0 Å². The standard InChI is InChI=1S/C16H12F2N2OS/c17-13-5-1-11(2-6-13)9-19-20-15(21)10-22-16(20)12-3-7-14(18)8-4-12/h1-9,16H,10H2/b19-9+. The topological polar surface area (TPSA) is 32.7 Å². The van der Waals surface area contributed by atoms with Crippen LogP contribution in [0.4, 0.5) is 8.78 Å². The van der Waals surface area contributed by atoms with Gasteiger partial charge in [0.2, 0.25) is 0 Å². The highest BCUT2D eigenvalue weighted by molar-refractivity contribution is 8.00. The Morgan fingerprint density at radius 1 is 1.05 bits per heavy atom. The zero-order chi connectivity index (χ0) is 15.5. The number of hydrogen-bond donors (Lipinski definition) is 0. The monoisotopic (exact) mass is 318 g/mol. The van der Waals surface area contributed by atoms with Crippen molar-refractivity contribution in [2.24, 2.45) is 5.10 Å². The van der Waals surface area contributed by atoms with Gasteiger partial charge in [-0.1, -0.05) is 24.3 Å². The Hall–Kier alpha value is -2.21. The van der Waals surface area contributed by atoms with Crippen LogP contribution in [0.15, 0.2) is 53.6 Å². The minimum atomic E-state index is -0.325. The first-order valence-electron chi connectivity index (χ1n) is 6.62. The number of thioether (sulfide) groups is 1. The van der Waals surface area contributed by atoms with Gasteiger partial charge in [-0.3, -0.25) is 4.79 Å². The van der Waals surface area contributed by atoms with E-state index in [0.717, 1.165) is 5.56 Å². The van der Waals surface area contributed by atoms with Crippen LogP contribution in [0.5, 0.6) is 0 Å². The average Bonchev–Trinajstić information content (AvgIpc) is 2.89. The molecule has 1 amide bonds. The molecule has 0 bridgehead atoms. The number of amides is 1. The highest BCUT2D eigenvalue weighted by atomic mass is 32.2. The molecule has 3 rings (SSSR count). The Kier molecular flexibility index (Phi) is 4.20. The molecular formula is C16H12F2N2OS. The summed E-state index contributed by atoms with van der Waals surface area (Å²) in [5.74, 6) is -0.436. The maximum atomic E-state index is 13.0. The third kappa shape index (κ3) is 3.17. The molecule has 22 heavy (non-hydrogen) atoms. The van der Waals surface area contributed by atoms with E-state index in [-0.39, 0.29) is 22.9 Å². The van der Waals surface area contributed by atoms with Crippen molar-refractivity contribution < 1.29 is 13.6 Å². The molecule has 6 heteroatoms. The maximum absolute atomic E-state index is 13.0. The van der Waals surface area contributed by atoms with E-state index in [2.05, 4.69) is 5.10 Å². The summed E-state index contributed by atoms with van der Waals surface area (Å²) in [6.07, 6.45) is 1.51. The van der Waals surface area contributed by atoms with Gasteiger partial charge in [-0.15, -0.1) is 11.8 Å². The Balaban J connectivity index is 1.81. The summed E-state index contributed by atoms with van der Waals surface area (Å²) in [7, 11) is 0. The van der Waals surface area contributed by atoms with Gasteiger partial charge in [-0.2, -0.15) is 5.10 Å². The molecule has 0 radical (unpaired) electrons. The molecule has 1 aliphatic heterocycles. The van der Waals surface area contributed by atoms with E-state index in [1.165, 1.54) is 47.3 Å². The first-order valence-corrected chi connectivity index (χ1v) is 7.67. The summed E-state index contributed by atoms with van der Waals surface area (Å²) in [6.45, 7) is 0. The summed E-state index contributed by atoms with van der Waals surface area (Å²) in [4.78, 5) is 12.0. The van der Waals surface area contributed by atoms with Crippen molar-refractivity contribution in [3.8, 4) is 0 Å². The van der Waals surface area contributed by atoms with E-state index in [4.69, 9.17) is 0 Å². The maximum Gasteiger partial charge on any atom is 0.254 e. The quantitative estimate of drug-likeness (QED) is 0.811. The predicted octanol–water partition coefficient (Wildman–Crippen LogP) is 3.57. The van der Waals surface area contributed by atoms with Crippen molar-refractivity contribution in [1.82, 2.24) is 5.01 Å². The Bertz CT molecular complexity index is 701. The Morgan fingerprint density at radius 3 is 2.27 bits per heavy atom. The second-order valence-corrected chi connectivity index (χ2v) is 5.82. The summed E-state index contributed by atoms with van der Waals surface area (Å²) < 4.78 is 25.9. The molecular weight excluding hydrogens is 306 g/mol. The number of nitrogens with zero attached hydrogens (tertiary/aromatic N) is 2. The highest BCUT2D eigenvalue weighted by Crippen LogP contribution is 2.38. The molecule has 0 saturated carbocycles. The first-order chi connectivity index (χ1) is 10.6. The molecule has 1 unspecified atom stereocenters. The fourth-order valence-corrected chi connectivity index (χ4v) is 3.18. The van der Waals surface area contributed by atoms with Gasteiger partial charge < -0.3 is 0 Å². The van der Waals surface area contributed by atoms with E-state index in [0.29, 0.717) is 11.3 Å². The lowest BCUT2D eigenvalue weighted by Gasteiger charge is -2.18. The van der Waals surface area contributed by atoms with Gasteiger partial charge in [0.25, 0.3) is 5.91 Å². The molecule has 112 valence electrons. The molecule has 1 heterocycles. The van der Waals surface area contributed by atoms with Gasteiger partial charge in [0.1, 0.15) is 17.0 Å². The van der Waals surface area contributed by atoms with Crippen LogP contribution in [0.3, 0.4) is 0 Å². The van der Waals surface area contributed by atoms with E-state index in [1.54, 1.807) is 24.3 Å². The van der Waals surface area contributed by atoms with Crippen LogP contribution in [-0.4, -0.2) is 22.9 Å². The van der Waals surface area contributed by atoms with E-state index < -0.39 is 0 Å². The van der Waals surface area contributed by atoms with Gasteiger partial charge in [0.15, 0.2) is 0 Å². The third-order valence-electron chi connectivity index (χ3n) is 3.20. The molecule has 1 fully saturated rings. The highest BCUT2D eigenvalue weighted by Gasteiger charge is 2.32. The van der Waals surface area contributed by atoms with Crippen molar-refractivity contribution in [2.75, 3.05) is 5.75 Å². The number of carbonyl (C=O) groups excluding carboxylic acids is 1. The lowest BCUT2D eigenvalue weighted by Crippen LogP contribution is -2.22. The SMILES string of the molecule is O=C1CSC(c2ccc(F)cc2)N1/N=C/c1ccc(F)cc1. The summed E-state index contributed by atoms with van der Waals surface area (Å²) >= 11 is 1.44. The second kappa shape index (κ2) is 6.27. The van der Waals surface area contributed by atoms with Gasteiger partial charge in [-0.25, -0.2) is 13.8 Å². The molecule has 3 nitrogen and oxygen atoms in total. The smallest absolute Gasteiger partial charge is 0.254 e. The molecule has 0 N–H and O–H groups in total. The van der Waals surface area contributed by atoms with E-state index in [1.807, 2.05) is 0 Å². The summed E-state index contributed by atoms with van der Waals surface area (Å²) in [5.41, 5.74) is 1.51. The van der Waals surface area contributed by atoms with E-state index >= 15 is 0 Å². The molecule has 0 aromatic heterocycles. The normalized spacial score (nSPS) is 18.4. The molecule has 1 saturated heterocycles. The van der Waals surface area contributed by atoms with Crippen LogP contribution in [0.1, 0.15) is 16.5 Å². The number of benzene rings is 2. The number of halogens is 2. The largest absolute Gasteiger partial charge is 0.272 e. The van der Waals surface area contributed by atoms with E-state index in [9.17, 15) is 13.6 Å². The van der Waals surface area contributed by atoms with Crippen LogP contribution < -0.4 is 0 Å². The van der Waals surface area contributed by atoms with Gasteiger partial charge in [0.05, 0.1) is 12.0 Å². The summed E-state index contributed by atoms with van der Waals surface area (Å²) in [5, 5.41) is 5.31. The number of hydrazone groups is 1. The van der Waals surface area contributed by atoms with Crippen LogP contribution in [-0.2, 0) is 4.79 Å². The first kappa shape index (κ1) is 14.7. The van der Waals surface area contributed by atoms with Gasteiger partial charge in [-0.05, 0) is 35.4 Å². The van der Waals surface area contributed by atoms with Crippen molar-refractivity contribution in [3.63, 3.8) is 0 Å². The minimum absolute atomic E-state index is 0.113. The zero-order valence-corrected chi connectivity index (χ0v) is 12.3. The fraction of sp³-hybridized carbons (Fsp3) is 0.125. The van der Waals surface area contributed by atoms with Gasteiger partial charge >= 0.3 is 0 Å². The van der Waals surface area contributed by atoms with Crippen LogP contribution in [0.2, 0.25) is 0 Å². The minimum Gasteiger partial charge on any atom is -0.272 e. The molecule has 0 aliphatic carbocycles. The lowest BCUT2D eigenvalue weighted by atomic mass is 10.2. The van der Waals surface area contributed by atoms with Crippen molar-refractivity contribution in [1.29, 1.82) is 0 Å². The fourth-order valence-electron chi connectivity index (χ4n) is 2.09. The zero-order valence-electron chi connectivity index (χ0n) is 11.4. The number of carbonyl (C=O) groups is 1.